The number of esters is 1. The van der Waals surface area contributed by atoms with Crippen LogP contribution in [-0.4, -0.2) is 58.3 Å². The lowest BCUT2D eigenvalue weighted by atomic mass is 10.0. The Labute approximate surface area is 173 Å². The molecule has 2 rings (SSSR count). The highest BCUT2D eigenvalue weighted by Gasteiger charge is 2.43. The third kappa shape index (κ3) is 5.08. The molecule has 0 saturated heterocycles. The second-order valence-corrected chi connectivity index (χ2v) is 12.1. The molecule has 13 heteroatoms. The van der Waals surface area contributed by atoms with Crippen LogP contribution in [0.25, 0.3) is 0 Å². The van der Waals surface area contributed by atoms with Gasteiger partial charge >= 0.3 is 12.1 Å². The molecule has 1 aromatic heterocycles. The zero-order valence-electron chi connectivity index (χ0n) is 16.4. The van der Waals surface area contributed by atoms with E-state index in [1.54, 1.807) is 13.8 Å². The maximum absolute atomic E-state index is 12.7. The van der Waals surface area contributed by atoms with Gasteiger partial charge in [0.2, 0.25) is 10.0 Å². The van der Waals surface area contributed by atoms with E-state index in [1.165, 1.54) is 24.8 Å². The fraction of sp³-hybridized carbons (Fsp3) is 0.625. The van der Waals surface area contributed by atoms with E-state index in [-0.39, 0.29) is 33.6 Å². The maximum Gasteiger partial charge on any atom is 0.410 e. The zero-order chi connectivity index (χ0) is 22.1. The summed E-state index contributed by atoms with van der Waals surface area (Å²) in [7, 11) is -7.84. The first-order chi connectivity index (χ1) is 13.3. The summed E-state index contributed by atoms with van der Waals surface area (Å²) in [5.74, 6) is -0.509. The van der Waals surface area contributed by atoms with Crippen LogP contribution in [0.15, 0.2) is 14.5 Å². The van der Waals surface area contributed by atoms with Gasteiger partial charge in [-0.1, -0.05) is 0 Å². The second-order valence-electron chi connectivity index (χ2n) is 6.74. The minimum absolute atomic E-state index is 0.0807. The van der Waals surface area contributed by atoms with Gasteiger partial charge in [-0.05, 0) is 33.3 Å². The number of amides is 1. The van der Waals surface area contributed by atoms with Crippen LogP contribution in [0.4, 0.5) is 4.79 Å². The summed E-state index contributed by atoms with van der Waals surface area (Å²) in [5.41, 5.74) is 0.212. The van der Waals surface area contributed by atoms with Gasteiger partial charge < -0.3 is 14.4 Å². The van der Waals surface area contributed by atoms with Gasteiger partial charge in [-0.3, -0.25) is 4.79 Å². The van der Waals surface area contributed by atoms with Gasteiger partial charge in [-0.15, -0.1) is 11.3 Å². The summed E-state index contributed by atoms with van der Waals surface area (Å²) in [4.78, 5) is 24.9. The Morgan fingerprint density at radius 1 is 1.41 bits per heavy atom. The predicted molar refractivity (Wildman–Crippen MR) is 105 cm³/mol. The van der Waals surface area contributed by atoms with Crippen LogP contribution < -0.4 is 5.14 Å². The van der Waals surface area contributed by atoms with Gasteiger partial charge in [0.1, 0.15) is 21.1 Å². The molecule has 0 radical (unpaired) electrons. The molecule has 164 valence electrons. The van der Waals surface area contributed by atoms with E-state index in [0.717, 1.165) is 0 Å². The Morgan fingerprint density at radius 3 is 2.55 bits per heavy atom. The molecule has 3 atom stereocenters. The highest BCUT2D eigenvalue weighted by molar-refractivity contribution is 7.95. The number of hydrogen-bond donors (Lipinski definition) is 1. The summed E-state index contributed by atoms with van der Waals surface area (Å²) in [6.45, 7) is 6.06. The Bertz CT molecular complexity index is 999. The van der Waals surface area contributed by atoms with E-state index in [9.17, 15) is 26.4 Å². The smallest absolute Gasteiger partial charge is 0.410 e. The third-order valence-electron chi connectivity index (χ3n) is 4.46. The van der Waals surface area contributed by atoms with Crippen molar-refractivity contribution >= 4 is 43.3 Å². The summed E-state index contributed by atoms with van der Waals surface area (Å²) >= 11 is 0.584. The average Bonchev–Trinajstić information content (AvgIpc) is 3.05. The summed E-state index contributed by atoms with van der Waals surface area (Å²) in [6.07, 6.45) is -1.36. The van der Waals surface area contributed by atoms with E-state index in [2.05, 4.69) is 0 Å². The van der Waals surface area contributed by atoms with E-state index in [4.69, 9.17) is 14.6 Å². The quantitative estimate of drug-likeness (QED) is 0.616. The highest BCUT2D eigenvalue weighted by Crippen LogP contribution is 2.45. The van der Waals surface area contributed by atoms with E-state index >= 15 is 0 Å². The van der Waals surface area contributed by atoms with E-state index < -0.39 is 49.3 Å². The Morgan fingerprint density at radius 2 is 2.03 bits per heavy atom. The first-order valence-corrected chi connectivity index (χ1v) is 12.7. The van der Waals surface area contributed by atoms with Crippen molar-refractivity contribution in [3.05, 3.63) is 11.6 Å². The van der Waals surface area contributed by atoms with Gasteiger partial charge in [0.15, 0.2) is 9.84 Å². The molecular weight excluding hydrogens is 444 g/mol. The van der Waals surface area contributed by atoms with Crippen molar-refractivity contribution in [3.63, 3.8) is 0 Å². The van der Waals surface area contributed by atoms with Gasteiger partial charge in [0.25, 0.3) is 0 Å². The van der Waals surface area contributed by atoms with Crippen LogP contribution in [0.1, 0.15) is 45.7 Å². The second kappa shape index (κ2) is 8.58. The number of rotatable bonds is 6. The number of sulfonamides is 1. The van der Waals surface area contributed by atoms with Crippen LogP contribution in [0, 0.1) is 0 Å². The Hall–Kier alpha value is -1.70. The molecule has 29 heavy (non-hydrogen) atoms. The third-order valence-corrected chi connectivity index (χ3v) is 9.78. The molecule has 0 fully saturated rings. The lowest BCUT2D eigenvalue weighted by molar-refractivity contribution is -0.143. The van der Waals surface area contributed by atoms with Crippen molar-refractivity contribution in [2.24, 2.45) is 5.14 Å². The highest BCUT2D eigenvalue weighted by atomic mass is 32.3. The fourth-order valence-corrected chi connectivity index (χ4v) is 7.39. The number of carbonyl (C=O) groups excluding carboxylic acids is 2. The van der Waals surface area contributed by atoms with E-state index in [0.29, 0.717) is 11.3 Å². The SMILES string of the molecule is CCN(C(=O)O[C@@H](C)COC(C)=O)[C@H]1C[C@H](C)S(=O)(=O)c2sc(S(N)(=O)=O)cc21. The Balaban J connectivity index is 2.38. The number of nitrogens with two attached hydrogens (primary N) is 1. The number of ether oxygens (including phenoxy) is 2. The maximum atomic E-state index is 12.7. The lowest BCUT2D eigenvalue weighted by Gasteiger charge is -2.35. The molecule has 1 aromatic rings. The normalized spacial score (nSPS) is 21.7. The van der Waals surface area contributed by atoms with Crippen LogP contribution >= 0.6 is 11.3 Å². The van der Waals surface area contributed by atoms with Crippen LogP contribution in [0.2, 0.25) is 0 Å². The monoisotopic (exact) mass is 468 g/mol. The zero-order valence-corrected chi connectivity index (χ0v) is 18.9. The molecule has 0 saturated carbocycles. The van der Waals surface area contributed by atoms with Gasteiger partial charge in [-0.25, -0.2) is 26.8 Å². The van der Waals surface area contributed by atoms with Crippen LogP contribution in [0.5, 0.6) is 0 Å². The molecule has 0 bridgehead atoms. The number of hydrogen-bond acceptors (Lipinski definition) is 9. The number of carbonyl (C=O) groups is 2. The van der Waals surface area contributed by atoms with Crippen molar-refractivity contribution in [1.82, 2.24) is 4.90 Å². The molecule has 0 spiro atoms. The minimum Gasteiger partial charge on any atom is -0.462 e. The molecule has 1 amide bonds. The number of primary sulfonamides is 1. The van der Waals surface area contributed by atoms with Crippen molar-refractivity contribution in [1.29, 1.82) is 0 Å². The first-order valence-electron chi connectivity index (χ1n) is 8.80. The summed E-state index contributed by atoms with van der Waals surface area (Å²) in [5, 5.41) is 4.34. The average molecular weight is 469 g/mol. The molecule has 10 nitrogen and oxygen atoms in total. The first kappa shape index (κ1) is 23.6. The molecule has 1 aliphatic heterocycles. The summed E-state index contributed by atoms with van der Waals surface area (Å²) < 4.78 is 58.6. The minimum atomic E-state index is -4.10. The molecule has 0 aromatic carbocycles. The fourth-order valence-electron chi connectivity index (χ4n) is 2.99. The molecule has 1 aliphatic rings. The number of fused-ring (bicyclic) bond motifs is 1. The van der Waals surface area contributed by atoms with Crippen LogP contribution in [0.3, 0.4) is 0 Å². The molecule has 0 aliphatic carbocycles. The van der Waals surface area contributed by atoms with Crippen LogP contribution in [-0.2, 0) is 34.1 Å². The molecule has 2 heterocycles. The largest absolute Gasteiger partial charge is 0.462 e. The predicted octanol–water partition coefficient (Wildman–Crippen LogP) is 1.41. The van der Waals surface area contributed by atoms with Crippen molar-refractivity contribution in [3.8, 4) is 0 Å². The number of thiophene rings is 1. The molecule has 0 unspecified atom stereocenters. The summed E-state index contributed by atoms with van der Waals surface area (Å²) in [6, 6.07) is 0.510. The van der Waals surface area contributed by atoms with Crippen molar-refractivity contribution in [2.75, 3.05) is 13.2 Å². The van der Waals surface area contributed by atoms with E-state index in [1.807, 2.05) is 0 Å². The standard InChI is InChI=1S/C16H24N2O8S3/c1-5-18(16(20)26-9(2)8-25-11(4)19)13-6-10(3)28(21,22)15-12(13)7-14(27-15)29(17,23)24/h7,9-10,13H,5-6,8H2,1-4H3,(H2,17,23,24)/t9-,10-,13-/m0/s1. The number of nitrogens with zero attached hydrogens (tertiary/aromatic N) is 1. The lowest BCUT2D eigenvalue weighted by Crippen LogP contribution is -2.41. The number of sulfone groups is 1. The Kier molecular flexibility index (Phi) is 6.97. The van der Waals surface area contributed by atoms with Crippen molar-refractivity contribution < 1.29 is 35.9 Å². The molecular formula is C16H24N2O8S3. The van der Waals surface area contributed by atoms with Gasteiger partial charge in [-0.2, -0.15) is 0 Å². The van der Waals surface area contributed by atoms with Crippen molar-refractivity contribution in [2.45, 2.75) is 59.9 Å². The van der Waals surface area contributed by atoms with Gasteiger partial charge in [0, 0.05) is 19.0 Å². The topological polar surface area (TPSA) is 150 Å². The molecule has 2 N–H and O–H groups in total. The van der Waals surface area contributed by atoms with Gasteiger partial charge in [0.05, 0.1) is 11.3 Å².